The van der Waals surface area contributed by atoms with Crippen LogP contribution in [0, 0.1) is 41.4 Å². The Bertz CT molecular complexity index is 364. The van der Waals surface area contributed by atoms with Crippen LogP contribution in [-0.2, 0) is 0 Å². The molecule has 6 bridgehead atoms. The molecule has 0 aromatic rings. The Morgan fingerprint density at radius 1 is 0.875 bits per heavy atom. The van der Waals surface area contributed by atoms with E-state index in [9.17, 15) is 0 Å². The van der Waals surface area contributed by atoms with E-state index in [0.29, 0.717) is 0 Å². The molecule has 0 N–H and O–H groups in total. The molecule has 7 rings (SSSR count). The molecule has 0 radical (unpaired) electrons. The molecular formula is C16H22. The quantitative estimate of drug-likeness (QED) is 0.534. The van der Waals surface area contributed by atoms with E-state index in [1.165, 1.54) is 48.9 Å². The van der Waals surface area contributed by atoms with Gasteiger partial charge in [0.15, 0.2) is 0 Å². The zero-order chi connectivity index (χ0) is 10.3. The highest BCUT2D eigenvalue weighted by Gasteiger charge is 2.61. The van der Waals surface area contributed by atoms with Gasteiger partial charge in [-0.25, -0.2) is 0 Å². The van der Waals surface area contributed by atoms with Gasteiger partial charge in [0.05, 0.1) is 0 Å². The zero-order valence-corrected chi connectivity index (χ0v) is 10.1. The van der Waals surface area contributed by atoms with Gasteiger partial charge in [0.25, 0.3) is 0 Å². The molecule has 0 heterocycles. The van der Waals surface area contributed by atoms with Crippen LogP contribution in [0.2, 0.25) is 0 Å². The predicted octanol–water partition coefficient (Wildman–Crippen LogP) is 4.02. The van der Waals surface area contributed by atoms with Gasteiger partial charge in [-0.1, -0.05) is 11.6 Å². The van der Waals surface area contributed by atoms with Crippen LogP contribution in [0.1, 0.15) is 44.9 Å². The summed E-state index contributed by atoms with van der Waals surface area (Å²) in [5.41, 5.74) is 1.87. The second-order valence-corrected chi connectivity index (χ2v) is 7.31. The Balaban J connectivity index is 1.58. The fraction of sp³-hybridized carbons (Fsp3) is 0.875. The van der Waals surface area contributed by atoms with Crippen LogP contribution in [-0.4, -0.2) is 0 Å². The van der Waals surface area contributed by atoms with Crippen molar-refractivity contribution >= 4 is 0 Å². The van der Waals surface area contributed by atoms with Gasteiger partial charge in [-0.3, -0.25) is 0 Å². The van der Waals surface area contributed by atoms with Crippen molar-refractivity contribution in [1.82, 2.24) is 0 Å². The summed E-state index contributed by atoms with van der Waals surface area (Å²) < 4.78 is 0. The third-order valence-electron chi connectivity index (χ3n) is 6.94. The first kappa shape index (κ1) is 8.78. The SMILES string of the molecule is C1=C2CC2C2CC3C4CC2C(C4)C3CCC1. The highest BCUT2D eigenvalue weighted by molar-refractivity contribution is 5.27. The Hall–Kier alpha value is -0.260. The van der Waals surface area contributed by atoms with E-state index in [-0.39, 0.29) is 0 Å². The molecule has 7 aliphatic rings. The van der Waals surface area contributed by atoms with Crippen molar-refractivity contribution < 1.29 is 0 Å². The fourth-order valence-corrected chi connectivity index (χ4v) is 6.39. The molecule has 86 valence electrons. The van der Waals surface area contributed by atoms with Crippen molar-refractivity contribution in [2.45, 2.75) is 44.9 Å². The van der Waals surface area contributed by atoms with Crippen molar-refractivity contribution in [1.29, 1.82) is 0 Å². The number of rotatable bonds is 0. The molecule has 7 atom stereocenters. The maximum atomic E-state index is 2.61. The van der Waals surface area contributed by atoms with Gasteiger partial charge in [-0.05, 0) is 86.4 Å². The minimum absolute atomic E-state index is 1.08. The molecule has 5 fully saturated rings. The molecule has 0 aliphatic heterocycles. The summed E-state index contributed by atoms with van der Waals surface area (Å²) in [5.74, 6) is 8.13. The van der Waals surface area contributed by atoms with Crippen LogP contribution in [0.5, 0.6) is 0 Å². The molecule has 0 saturated heterocycles. The van der Waals surface area contributed by atoms with E-state index >= 15 is 0 Å². The third-order valence-corrected chi connectivity index (χ3v) is 6.94. The smallest absolute Gasteiger partial charge is 0.0134 e. The summed E-state index contributed by atoms with van der Waals surface area (Å²) >= 11 is 0. The van der Waals surface area contributed by atoms with E-state index < -0.39 is 0 Å². The second kappa shape index (κ2) is 2.76. The summed E-state index contributed by atoms with van der Waals surface area (Å²) in [6.45, 7) is 0. The Morgan fingerprint density at radius 3 is 2.62 bits per heavy atom. The Kier molecular flexibility index (Phi) is 1.52. The minimum Gasteiger partial charge on any atom is -0.0850 e. The molecule has 0 aromatic heterocycles. The standard InChI is InChI=1S/C16H22/c1-2-4-11-13-8-16(12-5-9(12)3-1)15-7-10(13)6-14(11)15/h3,10-16H,1-2,4-8H2. The lowest BCUT2D eigenvalue weighted by Gasteiger charge is -2.48. The van der Waals surface area contributed by atoms with Crippen LogP contribution < -0.4 is 0 Å². The van der Waals surface area contributed by atoms with E-state index in [2.05, 4.69) is 6.08 Å². The minimum atomic E-state index is 1.08. The summed E-state index contributed by atoms with van der Waals surface area (Å²) in [6.07, 6.45) is 13.5. The lowest BCUT2D eigenvalue weighted by molar-refractivity contribution is 0.0135. The summed E-state index contributed by atoms with van der Waals surface area (Å²) in [6, 6.07) is 0. The zero-order valence-electron chi connectivity index (χ0n) is 10.1. The molecule has 0 aromatic carbocycles. The van der Waals surface area contributed by atoms with Crippen LogP contribution >= 0.6 is 0 Å². The highest BCUT2D eigenvalue weighted by Crippen LogP contribution is 2.69. The fourth-order valence-electron chi connectivity index (χ4n) is 6.39. The van der Waals surface area contributed by atoms with Crippen LogP contribution in [0.25, 0.3) is 0 Å². The van der Waals surface area contributed by atoms with Gasteiger partial charge in [0.1, 0.15) is 0 Å². The normalized spacial score (nSPS) is 61.0. The van der Waals surface area contributed by atoms with Gasteiger partial charge in [-0.2, -0.15) is 0 Å². The van der Waals surface area contributed by atoms with Gasteiger partial charge in [-0.15, -0.1) is 0 Å². The van der Waals surface area contributed by atoms with Crippen molar-refractivity contribution in [2.24, 2.45) is 41.4 Å². The second-order valence-electron chi connectivity index (χ2n) is 7.31. The van der Waals surface area contributed by atoms with Crippen molar-refractivity contribution in [3.63, 3.8) is 0 Å². The summed E-state index contributed by atoms with van der Waals surface area (Å²) in [5, 5.41) is 0. The number of fused-ring (bicyclic) bond motifs is 3. The Labute approximate surface area is 98.5 Å². The van der Waals surface area contributed by atoms with Crippen LogP contribution in [0.3, 0.4) is 0 Å². The third kappa shape index (κ3) is 0.939. The van der Waals surface area contributed by atoms with Crippen LogP contribution in [0.15, 0.2) is 11.6 Å². The van der Waals surface area contributed by atoms with E-state index in [1.807, 2.05) is 5.57 Å². The largest absolute Gasteiger partial charge is 0.0850 e. The molecule has 7 unspecified atom stereocenters. The summed E-state index contributed by atoms with van der Waals surface area (Å²) in [4.78, 5) is 0. The molecule has 0 spiro atoms. The van der Waals surface area contributed by atoms with Crippen molar-refractivity contribution in [2.75, 3.05) is 0 Å². The van der Waals surface area contributed by atoms with E-state index in [1.54, 1.807) is 25.7 Å². The molecule has 0 nitrogen and oxygen atoms in total. The highest BCUT2D eigenvalue weighted by atomic mass is 14.7. The van der Waals surface area contributed by atoms with Gasteiger partial charge < -0.3 is 0 Å². The van der Waals surface area contributed by atoms with E-state index in [0.717, 1.165) is 11.8 Å². The van der Waals surface area contributed by atoms with Crippen LogP contribution in [0.4, 0.5) is 0 Å². The maximum absolute atomic E-state index is 2.61. The first-order valence-electron chi connectivity index (χ1n) is 7.61. The number of hydrogen-bond acceptors (Lipinski definition) is 0. The first-order chi connectivity index (χ1) is 7.92. The average molecular weight is 214 g/mol. The number of hydrogen-bond donors (Lipinski definition) is 0. The summed E-state index contributed by atoms with van der Waals surface area (Å²) in [7, 11) is 0. The lowest BCUT2D eigenvalue weighted by Crippen LogP contribution is -2.41. The van der Waals surface area contributed by atoms with Crippen molar-refractivity contribution in [3.05, 3.63) is 11.6 Å². The molecule has 5 saturated carbocycles. The molecule has 0 heteroatoms. The maximum Gasteiger partial charge on any atom is -0.0134 e. The van der Waals surface area contributed by atoms with E-state index in [4.69, 9.17) is 0 Å². The molecule has 0 amide bonds. The monoisotopic (exact) mass is 214 g/mol. The van der Waals surface area contributed by atoms with Gasteiger partial charge >= 0.3 is 0 Å². The molecular weight excluding hydrogens is 192 g/mol. The lowest BCUT2D eigenvalue weighted by atomic mass is 9.57. The van der Waals surface area contributed by atoms with Crippen molar-refractivity contribution in [3.8, 4) is 0 Å². The topological polar surface area (TPSA) is 0 Å². The van der Waals surface area contributed by atoms with Gasteiger partial charge in [0, 0.05) is 0 Å². The predicted molar refractivity (Wildman–Crippen MR) is 64.8 cm³/mol. The molecule has 7 aliphatic carbocycles. The molecule has 16 heavy (non-hydrogen) atoms. The Morgan fingerprint density at radius 2 is 1.75 bits per heavy atom. The first-order valence-corrected chi connectivity index (χ1v) is 7.61. The average Bonchev–Trinajstić information content (AvgIpc) is 2.88. The number of allylic oxidation sites excluding steroid dienone is 2. The van der Waals surface area contributed by atoms with Gasteiger partial charge in [0.2, 0.25) is 0 Å².